The highest BCUT2D eigenvalue weighted by molar-refractivity contribution is 6.13. The Bertz CT molecular complexity index is 692. The van der Waals surface area contributed by atoms with Crippen LogP contribution < -0.4 is 0 Å². The van der Waals surface area contributed by atoms with Crippen LogP contribution in [0.2, 0.25) is 0 Å². The van der Waals surface area contributed by atoms with Crippen LogP contribution in [0.3, 0.4) is 0 Å². The molecule has 1 aromatic carbocycles. The molecular weight excluding hydrogens is 276 g/mol. The summed E-state index contributed by atoms with van der Waals surface area (Å²) >= 11 is 0. The van der Waals surface area contributed by atoms with E-state index in [1.54, 1.807) is 12.1 Å². The topological polar surface area (TPSA) is 71.6 Å². The van der Waals surface area contributed by atoms with Gasteiger partial charge in [0.2, 0.25) is 0 Å². The van der Waals surface area contributed by atoms with E-state index in [9.17, 15) is 10.1 Å². The molecule has 2 rings (SSSR count). The van der Waals surface area contributed by atoms with Gasteiger partial charge < -0.3 is 0 Å². The molecule has 0 N–H and O–H groups in total. The number of Topliss-reactive ketones (excluding diaryl/α,β-unsaturated/α-hetero) is 1. The van der Waals surface area contributed by atoms with E-state index in [2.05, 4.69) is 16.2 Å². The highest BCUT2D eigenvalue weighted by Gasteiger charge is 2.25. The SMILES string of the molecule is CCC(CC)C(C(=O)c1ccccc1)=C(C#N)n1cncn1. The Balaban J connectivity index is 2.61. The van der Waals surface area contributed by atoms with Gasteiger partial charge >= 0.3 is 0 Å². The summed E-state index contributed by atoms with van der Waals surface area (Å²) in [5.41, 5.74) is 1.33. The minimum absolute atomic E-state index is 0.00607. The average molecular weight is 294 g/mol. The summed E-state index contributed by atoms with van der Waals surface area (Å²) in [4.78, 5) is 16.8. The first-order valence-corrected chi connectivity index (χ1v) is 7.31. The van der Waals surface area contributed by atoms with Gasteiger partial charge in [-0.3, -0.25) is 4.79 Å². The predicted molar refractivity (Wildman–Crippen MR) is 83.7 cm³/mol. The monoisotopic (exact) mass is 294 g/mol. The van der Waals surface area contributed by atoms with Crippen LogP contribution in [0.5, 0.6) is 0 Å². The first-order chi connectivity index (χ1) is 10.7. The first-order valence-electron chi connectivity index (χ1n) is 7.31. The molecule has 0 unspecified atom stereocenters. The van der Waals surface area contributed by atoms with Crippen molar-refractivity contribution in [3.8, 4) is 6.07 Å². The van der Waals surface area contributed by atoms with E-state index in [0.29, 0.717) is 11.1 Å². The van der Waals surface area contributed by atoms with Crippen LogP contribution in [-0.2, 0) is 0 Å². The lowest BCUT2D eigenvalue weighted by atomic mass is 9.86. The van der Waals surface area contributed by atoms with Crippen molar-refractivity contribution >= 4 is 11.5 Å². The van der Waals surface area contributed by atoms with Crippen molar-refractivity contribution < 1.29 is 4.79 Å². The largest absolute Gasteiger partial charge is 0.289 e. The molecule has 22 heavy (non-hydrogen) atoms. The third-order valence-electron chi connectivity index (χ3n) is 3.68. The molecule has 0 spiro atoms. The van der Waals surface area contributed by atoms with Crippen molar-refractivity contribution in [1.29, 1.82) is 5.26 Å². The highest BCUT2D eigenvalue weighted by Crippen LogP contribution is 2.27. The summed E-state index contributed by atoms with van der Waals surface area (Å²) in [7, 11) is 0. The van der Waals surface area contributed by atoms with Gasteiger partial charge in [0.1, 0.15) is 18.7 Å². The second-order valence-corrected chi connectivity index (χ2v) is 4.92. The molecule has 1 aromatic heterocycles. The molecule has 1 heterocycles. The molecule has 5 nitrogen and oxygen atoms in total. The van der Waals surface area contributed by atoms with Gasteiger partial charge in [-0.2, -0.15) is 10.4 Å². The number of nitrogens with zero attached hydrogens (tertiary/aromatic N) is 4. The molecule has 0 aliphatic carbocycles. The Morgan fingerprint density at radius 3 is 2.45 bits per heavy atom. The number of carbonyl (C=O) groups is 1. The lowest BCUT2D eigenvalue weighted by Gasteiger charge is -2.18. The van der Waals surface area contributed by atoms with E-state index in [-0.39, 0.29) is 17.4 Å². The van der Waals surface area contributed by atoms with Crippen LogP contribution in [0.15, 0.2) is 48.6 Å². The molecule has 0 amide bonds. The molecular formula is C17H18N4O. The number of hydrogen-bond donors (Lipinski definition) is 0. The van der Waals surface area contributed by atoms with E-state index in [1.165, 1.54) is 17.3 Å². The number of aromatic nitrogens is 3. The normalized spacial score (nSPS) is 11.9. The molecule has 0 saturated heterocycles. The van der Waals surface area contributed by atoms with E-state index in [0.717, 1.165) is 12.8 Å². The number of nitriles is 1. The van der Waals surface area contributed by atoms with Gasteiger partial charge in [0, 0.05) is 11.1 Å². The van der Waals surface area contributed by atoms with Crippen LogP contribution in [-0.4, -0.2) is 20.5 Å². The van der Waals surface area contributed by atoms with Crippen LogP contribution in [0.4, 0.5) is 0 Å². The highest BCUT2D eigenvalue weighted by atomic mass is 16.1. The average Bonchev–Trinajstić information content (AvgIpc) is 3.09. The second-order valence-electron chi connectivity index (χ2n) is 4.92. The summed E-state index contributed by atoms with van der Waals surface area (Å²) < 4.78 is 1.37. The molecule has 0 atom stereocenters. The van der Waals surface area contributed by atoms with Crippen LogP contribution in [0.1, 0.15) is 37.0 Å². The van der Waals surface area contributed by atoms with Crippen molar-refractivity contribution in [3.05, 3.63) is 54.1 Å². The van der Waals surface area contributed by atoms with Gasteiger partial charge in [-0.25, -0.2) is 9.67 Å². The number of carbonyl (C=O) groups excluding carboxylic acids is 1. The van der Waals surface area contributed by atoms with Crippen LogP contribution >= 0.6 is 0 Å². The van der Waals surface area contributed by atoms with Crippen molar-refractivity contribution in [2.45, 2.75) is 26.7 Å². The molecule has 112 valence electrons. The maximum atomic E-state index is 12.9. The van der Waals surface area contributed by atoms with Crippen molar-refractivity contribution in [2.24, 2.45) is 5.92 Å². The molecule has 0 bridgehead atoms. The second kappa shape index (κ2) is 7.32. The van der Waals surface area contributed by atoms with Crippen LogP contribution in [0, 0.1) is 17.2 Å². The van der Waals surface area contributed by atoms with E-state index < -0.39 is 0 Å². The van der Waals surface area contributed by atoms with Gasteiger partial charge in [-0.05, 0) is 18.8 Å². The fraction of sp³-hybridized carbons (Fsp3) is 0.294. The minimum atomic E-state index is -0.124. The minimum Gasteiger partial charge on any atom is -0.289 e. The molecule has 2 aromatic rings. The van der Waals surface area contributed by atoms with Gasteiger partial charge in [0.05, 0.1) is 0 Å². The molecule has 0 radical (unpaired) electrons. The fourth-order valence-corrected chi connectivity index (χ4v) is 2.49. The third-order valence-corrected chi connectivity index (χ3v) is 3.68. The van der Waals surface area contributed by atoms with Gasteiger partial charge in [0.15, 0.2) is 11.5 Å². The predicted octanol–water partition coefficient (Wildman–Crippen LogP) is 3.33. The molecule has 0 saturated carbocycles. The van der Waals surface area contributed by atoms with E-state index in [1.807, 2.05) is 32.0 Å². The summed E-state index contributed by atoms with van der Waals surface area (Å²) in [6, 6.07) is 11.2. The maximum Gasteiger partial charge on any atom is 0.192 e. The first kappa shape index (κ1) is 15.6. The third kappa shape index (κ3) is 3.12. The Labute approximate surface area is 129 Å². The lowest BCUT2D eigenvalue weighted by molar-refractivity contribution is 0.102. The summed E-state index contributed by atoms with van der Waals surface area (Å²) in [6.45, 7) is 4.03. The smallest absolute Gasteiger partial charge is 0.192 e. The summed E-state index contributed by atoms with van der Waals surface area (Å²) in [5, 5.41) is 13.6. The Morgan fingerprint density at radius 2 is 1.95 bits per heavy atom. The number of rotatable bonds is 6. The number of benzene rings is 1. The number of hydrogen-bond acceptors (Lipinski definition) is 4. The number of allylic oxidation sites excluding steroid dienone is 2. The summed E-state index contributed by atoms with van der Waals surface area (Å²) in [5.74, 6) is -0.118. The van der Waals surface area contributed by atoms with Crippen LogP contribution in [0.25, 0.3) is 5.70 Å². The lowest BCUT2D eigenvalue weighted by Crippen LogP contribution is -2.17. The standard InChI is InChI=1S/C17H18N4O/c1-3-13(4-2)16(15(10-18)21-12-19-11-20-21)17(22)14-8-6-5-7-9-14/h5-9,11-13H,3-4H2,1-2H3. The Kier molecular flexibility index (Phi) is 5.21. The Hall–Kier alpha value is -2.74. The van der Waals surface area contributed by atoms with Gasteiger partial charge in [-0.15, -0.1) is 0 Å². The van der Waals surface area contributed by atoms with E-state index in [4.69, 9.17) is 0 Å². The molecule has 0 aliphatic heterocycles. The fourth-order valence-electron chi connectivity index (χ4n) is 2.49. The molecule has 5 heteroatoms. The van der Waals surface area contributed by atoms with E-state index >= 15 is 0 Å². The zero-order valence-electron chi connectivity index (χ0n) is 12.7. The zero-order chi connectivity index (χ0) is 15.9. The maximum absolute atomic E-state index is 12.9. The van der Waals surface area contributed by atoms with Crippen molar-refractivity contribution in [1.82, 2.24) is 14.8 Å². The summed E-state index contributed by atoms with van der Waals surface area (Å²) in [6.07, 6.45) is 4.36. The zero-order valence-corrected chi connectivity index (χ0v) is 12.7. The van der Waals surface area contributed by atoms with Crippen molar-refractivity contribution in [3.63, 3.8) is 0 Å². The van der Waals surface area contributed by atoms with Gasteiger partial charge in [0.25, 0.3) is 0 Å². The molecule has 0 aliphatic rings. The Morgan fingerprint density at radius 1 is 1.27 bits per heavy atom. The molecule has 0 fully saturated rings. The van der Waals surface area contributed by atoms with Crippen molar-refractivity contribution in [2.75, 3.05) is 0 Å². The number of ketones is 1. The quantitative estimate of drug-likeness (QED) is 0.465. The van der Waals surface area contributed by atoms with Gasteiger partial charge in [-0.1, -0.05) is 44.2 Å².